The summed E-state index contributed by atoms with van der Waals surface area (Å²) in [7, 11) is -3.62. The second kappa shape index (κ2) is 8.38. The fourth-order valence-electron chi connectivity index (χ4n) is 1.67. The van der Waals surface area contributed by atoms with Crippen molar-refractivity contribution in [1.82, 2.24) is 5.32 Å². The molecule has 8 heteroatoms. The van der Waals surface area contributed by atoms with Gasteiger partial charge in [-0.2, -0.15) is 0 Å². The molecule has 3 N–H and O–H groups in total. The maximum Gasteiger partial charge on any atom is 0.233 e. The molecule has 122 valence electrons. The molecular formula is C14H21N3O4S. The lowest BCUT2D eigenvalue weighted by Crippen LogP contribution is -2.27. The standard InChI is InChI=1S/C14H21N3O4S/c1-3-8-15-14(19)7-9-22(20,21)17-13-6-4-5-12(10-13)16-11(2)18/h4-6,10,17H,3,7-9H2,1-2H3,(H,15,19)(H,16,18). The van der Waals surface area contributed by atoms with Crippen molar-refractivity contribution in [2.75, 3.05) is 22.3 Å². The van der Waals surface area contributed by atoms with E-state index in [1.54, 1.807) is 18.2 Å². The molecule has 0 atom stereocenters. The zero-order valence-electron chi connectivity index (χ0n) is 12.7. The Labute approximate surface area is 130 Å². The highest BCUT2D eigenvalue weighted by molar-refractivity contribution is 7.92. The maximum absolute atomic E-state index is 11.9. The van der Waals surface area contributed by atoms with Crippen molar-refractivity contribution in [2.45, 2.75) is 26.7 Å². The average Bonchev–Trinajstić information content (AvgIpc) is 2.42. The maximum atomic E-state index is 11.9. The van der Waals surface area contributed by atoms with Gasteiger partial charge in [-0.3, -0.25) is 14.3 Å². The fourth-order valence-corrected chi connectivity index (χ4v) is 2.72. The third-order valence-corrected chi connectivity index (χ3v) is 3.91. The lowest BCUT2D eigenvalue weighted by molar-refractivity contribution is -0.120. The van der Waals surface area contributed by atoms with Crippen LogP contribution in [-0.2, 0) is 19.6 Å². The van der Waals surface area contributed by atoms with Gasteiger partial charge in [0.2, 0.25) is 21.8 Å². The van der Waals surface area contributed by atoms with Crippen LogP contribution in [-0.4, -0.2) is 32.5 Å². The first-order chi connectivity index (χ1) is 10.3. The molecule has 1 aromatic carbocycles. The number of benzene rings is 1. The summed E-state index contributed by atoms with van der Waals surface area (Å²) in [6.45, 7) is 3.82. The van der Waals surface area contributed by atoms with Crippen LogP contribution in [0.15, 0.2) is 24.3 Å². The largest absolute Gasteiger partial charge is 0.356 e. The van der Waals surface area contributed by atoms with Gasteiger partial charge in [-0.05, 0) is 24.6 Å². The topological polar surface area (TPSA) is 104 Å². The molecule has 0 aliphatic heterocycles. The first-order valence-electron chi connectivity index (χ1n) is 6.97. The molecule has 0 unspecified atom stereocenters. The minimum Gasteiger partial charge on any atom is -0.356 e. The minimum absolute atomic E-state index is 0.0965. The number of carbonyl (C=O) groups excluding carboxylic acids is 2. The van der Waals surface area contributed by atoms with E-state index in [9.17, 15) is 18.0 Å². The van der Waals surface area contributed by atoms with Crippen molar-refractivity contribution in [2.24, 2.45) is 0 Å². The van der Waals surface area contributed by atoms with Gasteiger partial charge in [-0.25, -0.2) is 8.42 Å². The zero-order valence-corrected chi connectivity index (χ0v) is 13.5. The van der Waals surface area contributed by atoms with Gasteiger partial charge in [0.15, 0.2) is 0 Å². The number of hydrogen-bond acceptors (Lipinski definition) is 4. The smallest absolute Gasteiger partial charge is 0.233 e. The van der Waals surface area contributed by atoms with Crippen molar-refractivity contribution in [3.05, 3.63) is 24.3 Å². The van der Waals surface area contributed by atoms with Crippen molar-refractivity contribution >= 4 is 33.2 Å². The molecule has 0 radical (unpaired) electrons. The van der Waals surface area contributed by atoms with Crippen LogP contribution in [0.25, 0.3) is 0 Å². The van der Waals surface area contributed by atoms with E-state index in [1.165, 1.54) is 13.0 Å². The van der Waals surface area contributed by atoms with E-state index in [0.717, 1.165) is 6.42 Å². The normalized spacial score (nSPS) is 10.8. The highest BCUT2D eigenvalue weighted by atomic mass is 32.2. The molecule has 0 aromatic heterocycles. The number of carbonyl (C=O) groups is 2. The summed E-state index contributed by atoms with van der Waals surface area (Å²) in [4.78, 5) is 22.4. The van der Waals surface area contributed by atoms with Gasteiger partial charge < -0.3 is 10.6 Å². The van der Waals surface area contributed by atoms with Crippen LogP contribution in [0.2, 0.25) is 0 Å². The van der Waals surface area contributed by atoms with Crippen LogP contribution in [0.5, 0.6) is 0 Å². The third-order valence-electron chi connectivity index (χ3n) is 2.63. The van der Waals surface area contributed by atoms with Crippen molar-refractivity contribution in [3.63, 3.8) is 0 Å². The van der Waals surface area contributed by atoms with Gasteiger partial charge in [0.1, 0.15) is 0 Å². The highest BCUT2D eigenvalue weighted by Gasteiger charge is 2.13. The van der Waals surface area contributed by atoms with E-state index < -0.39 is 10.0 Å². The molecule has 0 bridgehead atoms. The van der Waals surface area contributed by atoms with E-state index >= 15 is 0 Å². The summed E-state index contributed by atoms with van der Waals surface area (Å²) in [6, 6.07) is 6.35. The number of anilines is 2. The van der Waals surface area contributed by atoms with Crippen molar-refractivity contribution in [1.29, 1.82) is 0 Å². The quantitative estimate of drug-likeness (QED) is 0.669. The van der Waals surface area contributed by atoms with E-state index in [4.69, 9.17) is 0 Å². The summed E-state index contributed by atoms with van der Waals surface area (Å²) in [5.41, 5.74) is 0.827. The van der Waals surface area contributed by atoms with Gasteiger partial charge >= 0.3 is 0 Å². The number of amides is 2. The van der Waals surface area contributed by atoms with Crippen LogP contribution < -0.4 is 15.4 Å². The van der Waals surface area contributed by atoms with Crippen molar-refractivity contribution < 1.29 is 18.0 Å². The summed E-state index contributed by atoms with van der Waals surface area (Å²) in [5, 5.41) is 5.19. The molecule has 2 amide bonds. The molecule has 0 spiro atoms. The second-order valence-corrected chi connectivity index (χ2v) is 6.62. The Hall–Kier alpha value is -2.09. The number of rotatable bonds is 8. The van der Waals surface area contributed by atoms with Crippen LogP contribution in [0, 0.1) is 0 Å². The molecule has 0 aliphatic rings. The Balaban J connectivity index is 2.60. The molecular weight excluding hydrogens is 306 g/mol. The van der Waals surface area contributed by atoms with Gasteiger partial charge in [0, 0.05) is 25.6 Å². The zero-order chi connectivity index (χ0) is 16.6. The number of nitrogens with one attached hydrogen (secondary N) is 3. The minimum atomic E-state index is -3.62. The van der Waals surface area contributed by atoms with Crippen LogP contribution >= 0.6 is 0 Å². The summed E-state index contributed by atoms with van der Waals surface area (Å²) < 4.78 is 26.3. The average molecular weight is 327 g/mol. The molecule has 7 nitrogen and oxygen atoms in total. The Morgan fingerprint density at radius 2 is 1.86 bits per heavy atom. The van der Waals surface area contributed by atoms with Gasteiger partial charge in [-0.1, -0.05) is 13.0 Å². The number of hydrogen-bond donors (Lipinski definition) is 3. The van der Waals surface area contributed by atoms with E-state index in [0.29, 0.717) is 17.9 Å². The molecule has 22 heavy (non-hydrogen) atoms. The first-order valence-corrected chi connectivity index (χ1v) is 8.62. The lowest BCUT2D eigenvalue weighted by Gasteiger charge is -2.10. The summed E-state index contributed by atoms with van der Waals surface area (Å²) >= 11 is 0. The summed E-state index contributed by atoms with van der Waals surface area (Å²) in [5.74, 6) is -0.834. The lowest BCUT2D eigenvalue weighted by atomic mass is 10.3. The van der Waals surface area contributed by atoms with Crippen LogP contribution in [0.4, 0.5) is 11.4 Å². The summed E-state index contributed by atoms with van der Waals surface area (Å²) in [6.07, 6.45) is 0.702. The predicted molar refractivity (Wildman–Crippen MR) is 86.1 cm³/mol. The van der Waals surface area contributed by atoms with Gasteiger partial charge in [-0.15, -0.1) is 0 Å². The Morgan fingerprint density at radius 1 is 1.18 bits per heavy atom. The Bertz CT molecular complexity index is 629. The highest BCUT2D eigenvalue weighted by Crippen LogP contribution is 2.16. The fraction of sp³-hybridized carbons (Fsp3) is 0.429. The van der Waals surface area contributed by atoms with E-state index in [1.807, 2.05) is 6.92 Å². The molecule has 0 heterocycles. The molecule has 0 aliphatic carbocycles. The monoisotopic (exact) mass is 327 g/mol. The number of sulfonamides is 1. The first kappa shape index (κ1) is 18.0. The van der Waals surface area contributed by atoms with Gasteiger partial charge in [0.25, 0.3) is 0 Å². The Kier molecular flexibility index (Phi) is 6.84. The van der Waals surface area contributed by atoms with Crippen LogP contribution in [0.1, 0.15) is 26.7 Å². The predicted octanol–water partition coefficient (Wildman–Crippen LogP) is 1.30. The molecule has 0 saturated heterocycles. The molecule has 0 fully saturated rings. The molecule has 0 saturated carbocycles. The Morgan fingerprint density at radius 3 is 2.50 bits per heavy atom. The van der Waals surface area contributed by atoms with Crippen molar-refractivity contribution in [3.8, 4) is 0 Å². The molecule has 1 rings (SSSR count). The third kappa shape index (κ3) is 7.07. The second-order valence-electron chi connectivity index (χ2n) is 4.78. The van der Waals surface area contributed by atoms with Crippen LogP contribution in [0.3, 0.4) is 0 Å². The van der Waals surface area contributed by atoms with E-state index in [2.05, 4.69) is 15.4 Å². The molecule has 1 aromatic rings. The van der Waals surface area contributed by atoms with Gasteiger partial charge in [0.05, 0.1) is 11.4 Å². The SMILES string of the molecule is CCCNC(=O)CCS(=O)(=O)Nc1cccc(NC(C)=O)c1. The van der Waals surface area contributed by atoms with E-state index in [-0.39, 0.29) is 24.0 Å².